The smallest absolute Gasteiger partial charge is 0.216 e. The Morgan fingerprint density at radius 2 is 2.05 bits per heavy atom. The van der Waals surface area contributed by atoms with Crippen LogP contribution in [0.25, 0.3) is 0 Å². The molecule has 0 radical (unpaired) electrons. The SMILES string of the molecule is CCc1nnc(Sc2cc(C)nc(C(C)C)n2)n1N. The summed E-state index contributed by atoms with van der Waals surface area (Å²) in [5.41, 5.74) is 0.944. The van der Waals surface area contributed by atoms with E-state index in [-0.39, 0.29) is 0 Å². The lowest BCUT2D eigenvalue weighted by Crippen LogP contribution is -2.13. The summed E-state index contributed by atoms with van der Waals surface area (Å²) in [7, 11) is 0. The van der Waals surface area contributed by atoms with Gasteiger partial charge >= 0.3 is 0 Å². The maximum atomic E-state index is 5.93. The Balaban J connectivity index is 2.30. The van der Waals surface area contributed by atoms with E-state index < -0.39 is 0 Å². The fourth-order valence-electron chi connectivity index (χ4n) is 1.58. The van der Waals surface area contributed by atoms with Crippen LogP contribution in [0.4, 0.5) is 0 Å². The molecule has 19 heavy (non-hydrogen) atoms. The third-order valence-corrected chi connectivity index (χ3v) is 3.49. The first-order valence-corrected chi connectivity index (χ1v) is 7.05. The topological polar surface area (TPSA) is 82.5 Å². The first-order chi connectivity index (χ1) is 9.01. The molecule has 0 aromatic carbocycles. The van der Waals surface area contributed by atoms with E-state index in [1.807, 2.05) is 19.9 Å². The highest BCUT2D eigenvalue weighted by Crippen LogP contribution is 2.25. The fourth-order valence-corrected chi connectivity index (χ4v) is 2.42. The standard InChI is InChI=1S/C12H18N6S/c1-5-9-16-17-12(18(9)13)19-10-6-8(4)14-11(15-10)7(2)3/h6-7H,5,13H2,1-4H3. The summed E-state index contributed by atoms with van der Waals surface area (Å²) in [5, 5.41) is 9.60. The van der Waals surface area contributed by atoms with Crippen molar-refractivity contribution < 1.29 is 0 Å². The van der Waals surface area contributed by atoms with E-state index in [0.29, 0.717) is 11.1 Å². The van der Waals surface area contributed by atoms with E-state index in [0.717, 1.165) is 28.8 Å². The molecule has 2 N–H and O–H groups in total. The van der Waals surface area contributed by atoms with Crippen molar-refractivity contribution in [2.24, 2.45) is 0 Å². The molecule has 0 atom stereocenters. The molecule has 7 heteroatoms. The Kier molecular flexibility index (Phi) is 4.04. The average Bonchev–Trinajstić information content (AvgIpc) is 2.70. The van der Waals surface area contributed by atoms with Crippen LogP contribution < -0.4 is 5.84 Å². The predicted octanol–water partition coefficient (Wildman–Crippen LogP) is 1.93. The zero-order valence-corrected chi connectivity index (χ0v) is 12.4. The first kappa shape index (κ1) is 13.8. The maximum Gasteiger partial charge on any atom is 0.216 e. The molecule has 0 fully saturated rings. The molecule has 0 saturated carbocycles. The molecule has 0 amide bonds. The minimum absolute atomic E-state index is 0.293. The normalized spacial score (nSPS) is 11.2. The number of aromatic nitrogens is 5. The van der Waals surface area contributed by atoms with E-state index in [4.69, 9.17) is 5.84 Å². The maximum absolute atomic E-state index is 5.93. The van der Waals surface area contributed by atoms with Crippen LogP contribution in [0.2, 0.25) is 0 Å². The molecule has 2 aromatic heterocycles. The van der Waals surface area contributed by atoms with Crippen molar-refractivity contribution in [1.82, 2.24) is 24.8 Å². The van der Waals surface area contributed by atoms with Crippen LogP contribution >= 0.6 is 11.8 Å². The Morgan fingerprint density at radius 1 is 1.32 bits per heavy atom. The lowest BCUT2D eigenvalue weighted by atomic mass is 10.2. The van der Waals surface area contributed by atoms with Gasteiger partial charge in [-0.25, -0.2) is 14.6 Å². The summed E-state index contributed by atoms with van der Waals surface area (Å²) in [6, 6.07) is 1.93. The van der Waals surface area contributed by atoms with Gasteiger partial charge in [0.2, 0.25) is 5.16 Å². The largest absolute Gasteiger partial charge is 0.336 e. The quantitative estimate of drug-likeness (QED) is 0.679. The minimum Gasteiger partial charge on any atom is -0.336 e. The first-order valence-electron chi connectivity index (χ1n) is 6.24. The molecular weight excluding hydrogens is 260 g/mol. The van der Waals surface area contributed by atoms with E-state index in [9.17, 15) is 0 Å². The highest BCUT2D eigenvalue weighted by Gasteiger charge is 2.12. The van der Waals surface area contributed by atoms with Gasteiger partial charge in [0.15, 0.2) is 5.82 Å². The van der Waals surface area contributed by atoms with Gasteiger partial charge in [-0.2, -0.15) is 0 Å². The molecule has 2 heterocycles. The second-order valence-electron chi connectivity index (χ2n) is 4.58. The Labute approximate surface area is 116 Å². The highest BCUT2D eigenvalue weighted by atomic mass is 32.2. The summed E-state index contributed by atoms with van der Waals surface area (Å²) in [6.45, 7) is 8.10. The Morgan fingerprint density at radius 3 is 2.63 bits per heavy atom. The summed E-state index contributed by atoms with van der Waals surface area (Å²) < 4.78 is 1.51. The van der Waals surface area contributed by atoms with Gasteiger partial charge in [0.25, 0.3) is 0 Å². The lowest BCUT2D eigenvalue weighted by Gasteiger charge is -2.07. The number of hydrogen-bond donors (Lipinski definition) is 1. The summed E-state index contributed by atoms with van der Waals surface area (Å²) in [4.78, 5) is 8.94. The van der Waals surface area contributed by atoms with E-state index in [1.54, 1.807) is 0 Å². The average molecular weight is 278 g/mol. The monoisotopic (exact) mass is 278 g/mol. The van der Waals surface area contributed by atoms with Gasteiger partial charge in [0.05, 0.1) is 0 Å². The highest BCUT2D eigenvalue weighted by molar-refractivity contribution is 7.99. The van der Waals surface area contributed by atoms with Crippen LogP contribution in [0.3, 0.4) is 0 Å². The molecule has 0 saturated heterocycles. The predicted molar refractivity (Wildman–Crippen MR) is 74.5 cm³/mol. The molecule has 0 bridgehead atoms. The number of hydrogen-bond acceptors (Lipinski definition) is 6. The number of nitrogens with two attached hydrogens (primary N) is 1. The number of nitrogen functional groups attached to an aromatic ring is 1. The van der Waals surface area contributed by atoms with Crippen molar-refractivity contribution in [2.45, 2.75) is 50.2 Å². The molecule has 0 unspecified atom stereocenters. The molecule has 2 aromatic rings. The van der Waals surface area contributed by atoms with Crippen molar-refractivity contribution in [3.05, 3.63) is 23.4 Å². The molecule has 102 valence electrons. The van der Waals surface area contributed by atoms with Crippen LogP contribution in [0.5, 0.6) is 0 Å². The van der Waals surface area contributed by atoms with E-state index in [2.05, 4.69) is 34.0 Å². The van der Waals surface area contributed by atoms with Crippen molar-refractivity contribution in [3.8, 4) is 0 Å². The Bertz CT molecular complexity index is 578. The summed E-state index contributed by atoms with van der Waals surface area (Å²) >= 11 is 1.41. The molecule has 0 spiro atoms. The van der Waals surface area contributed by atoms with Gasteiger partial charge in [0, 0.05) is 18.0 Å². The van der Waals surface area contributed by atoms with Crippen molar-refractivity contribution in [2.75, 3.05) is 5.84 Å². The third-order valence-electron chi connectivity index (χ3n) is 2.61. The zero-order chi connectivity index (χ0) is 14.0. The lowest BCUT2D eigenvalue weighted by molar-refractivity contribution is 0.742. The van der Waals surface area contributed by atoms with Gasteiger partial charge in [-0.1, -0.05) is 20.8 Å². The fraction of sp³-hybridized carbons (Fsp3) is 0.500. The molecule has 0 aliphatic carbocycles. The molecule has 0 aliphatic rings. The molecule has 2 rings (SSSR count). The second kappa shape index (κ2) is 5.56. The van der Waals surface area contributed by atoms with Crippen molar-refractivity contribution >= 4 is 11.8 Å². The van der Waals surface area contributed by atoms with Gasteiger partial charge in [-0.05, 0) is 24.8 Å². The van der Waals surface area contributed by atoms with Crippen molar-refractivity contribution in [1.29, 1.82) is 0 Å². The van der Waals surface area contributed by atoms with Gasteiger partial charge in [-0.3, -0.25) is 0 Å². The number of aryl methyl sites for hydroxylation is 2. The second-order valence-corrected chi connectivity index (χ2v) is 5.57. The van der Waals surface area contributed by atoms with Gasteiger partial charge in [-0.15, -0.1) is 10.2 Å². The summed E-state index contributed by atoms with van der Waals surface area (Å²) in [6.07, 6.45) is 0.754. The Hall–Kier alpha value is -1.63. The number of nitrogens with zero attached hydrogens (tertiary/aromatic N) is 5. The van der Waals surface area contributed by atoms with E-state index >= 15 is 0 Å². The van der Waals surface area contributed by atoms with Crippen LogP contribution in [-0.4, -0.2) is 24.8 Å². The molecule has 6 nitrogen and oxygen atoms in total. The van der Waals surface area contributed by atoms with E-state index in [1.165, 1.54) is 16.4 Å². The molecule has 0 aliphatic heterocycles. The zero-order valence-electron chi connectivity index (χ0n) is 11.6. The summed E-state index contributed by atoms with van der Waals surface area (Å²) in [5.74, 6) is 7.81. The van der Waals surface area contributed by atoms with Crippen molar-refractivity contribution in [3.63, 3.8) is 0 Å². The van der Waals surface area contributed by atoms with Crippen LogP contribution in [0.15, 0.2) is 16.2 Å². The number of rotatable bonds is 4. The molecular formula is C12H18N6S. The van der Waals surface area contributed by atoms with Crippen LogP contribution in [0.1, 0.15) is 44.0 Å². The third kappa shape index (κ3) is 3.04. The van der Waals surface area contributed by atoms with Gasteiger partial charge < -0.3 is 5.84 Å². The van der Waals surface area contributed by atoms with Gasteiger partial charge in [0.1, 0.15) is 10.9 Å². The minimum atomic E-state index is 0.293. The van der Waals surface area contributed by atoms with Crippen LogP contribution in [-0.2, 0) is 6.42 Å². The van der Waals surface area contributed by atoms with Crippen LogP contribution in [0, 0.1) is 6.92 Å².